The molecule has 0 aliphatic carbocycles. The van der Waals surface area contributed by atoms with Gasteiger partial charge in [0.05, 0.1) is 6.20 Å². The number of nitrogens with zero attached hydrogens (tertiary/aromatic N) is 3. The maximum Gasteiger partial charge on any atom is 0.244 e. The molecule has 1 fully saturated rings. The van der Waals surface area contributed by atoms with Crippen LogP contribution in [0.3, 0.4) is 0 Å². The fourth-order valence-corrected chi connectivity index (χ4v) is 3.07. The monoisotopic (exact) mass is 305 g/mol. The summed E-state index contributed by atoms with van der Waals surface area (Å²) in [4.78, 5) is 14.4. The van der Waals surface area contributed by atoms with Crippen LogP contribution in [0.25, 0.3) is 0 Å². The van der Waals surface area contributed by atoms with Gasteiger partial charge in [-0.25, -0.2) is 0 Å². The Bertz CT molecular complexity index is 511. The second-order valence-corrected chi connectivity index (χ2v) is 8.70. The van der Waals surface area contributed by atoms with Gasteiger partial charge in [-0.1, -0.05) is 41.5 Å². The molecule has 1 aliphatic rings. The summed E-state index contributed by atoms with van der Waals surface area (Å²) in [6.45, 7) is 15.5. The molecule has 4 heteroatoms. The molecule has 1 aliphatic heterocycles. The molecular formula is C18H31N3O. The first-order valence-electron chi connectivity index (χ1n) is 8.38. The van der Waals surface area contributed by atoms with Crippen LogP contribution in [0, 0.1) is 11.3 Å². The van der Waals surface area contributed by atoms with Gasteiger partial charge in [0.25, 0.3) is 0 Å². The van der Waals surface area contributed by atoms with E-state index < -0.39 is 0 Å². The normalized spacial score (nSPS) is 17.8. The Kier molecular flexibility index (Phi) is 4.69. The van der Waals surface area contributed by atoms with Gasteiger partial charge in [-0.05, 0) is 35.2 Å². The lowest BCUT2D eigenvalue weighted by Crippen LogP contribution is -2.42. The van der Waals surface area contributed by atoms with Gasteiger partial charge in [-0.2, -0.15) is 5.10 Å². The van der Waals surface area contributed by atoms with Gasteiger partial charge < -0.3 is 4.90 Å². The summed E-state index contributed by atoms with van der Waals surface area (Å²) in [6.07, 6.45) is 6.10. The smallest absolute Gasteiger partial charge is 0.244 e. The van der Waals surface area contributed by atoms with Crippen molar-refractivity contribution in [1.29, 1.82) is 0 Å². The zero-order valence-electron chi connectivity index (χ0n) is 15.0. The average Bonchev–Trinajstić information content (AvgIpc) is 2.86. The highest BCUT2D eigenvalue weighted by Crippen LogP contribution is 2.34. The van der Waals surface area contributed by atoms with Gasteiger partial charge in [0.15, 0.2) is 0 Å². The van der Waals surface area contributed by atoms with Gasteiger partial charge in [-0.15, -0.1) is 0 Å². The van der Waals surface area contributed by atoms with E-state index in [4.69, 9.17) is 0 Å². The van der Waals surface area contributed by atoms with Crippen LogP contribution < -0.4 is 0 Å². The number of rotatable bonds is 2. The summed E-state index contributed by atoms with van der Waals surface area (Å²) in [5.41, 5.74) is 1.59. The maximum atomic E-state index is 12.4. The van der Waals surface area contributed by atoms with Crippen molar-refractivity contribution in [1.82, 2.24) is 14.7 Å². The first-order valence-corrected chi connectivity index (χ1v) is 8.38. The Morgan fingerprint density at radius 2 is 1.77 bits per heavy atom. The average molecular weight is 305 g/mol. The minimum atomic E-state index is 0.0757. The van der Waals surface area contributed by atoms with E-state index >= 15 is 0 Å². The van der Waals surface area contributed by atoms with E-state index in [-0.39, 0.29) is 11.3 Å². The van der Waals surface area contributed by atoms with Gasteiger partial charge >= 0.3 is 0 Å². The predicted molar refractivity (Wildman–Crippen MR) is 89.7 cm³/mol. The Balaban J connectivity index is 1.90. The van der Waals surface area contributed by atoms with Gasteiger partial charge in [-0.3, -0.25) is 9.48 Å². The molecule has 0 aromatic carbocycles. The minimum Gasteiger partial charge on any atom is -0.341 e. The molecule has 0 saturated carbocycles. The molecule has 0 bridgehead atoms. The van der Waals surface area contributed by atoms with Crippen molar-refractivity contribution in [2.45, 2.75) is 66.3 Å². The van der Waals surface area contributed by atoms with Crippen molar-refractivity contribution in [3.8, 4) is 0 Å². The predicted octanol–water partition coefficient (Wildman–Crippen LogP) is 3.47. The Hall–Kier alpha value is -1.32. The highest BCUT2D eigenvalue weighted by atomic mass is 16.2. The molecular weight excluding hydrogens is 274 g/mol. The minimum absolute atomic E-state index is 0.0757. The molecule has 0 radical (unpaired) electrons. The van der Waals surface area contributed by atoms with Gasteiger partial charge in [0, 0.05) is 19.3 Å². The summed E-state index contributed by atoms with van der Waals surface area (Å²) in [7, 11) is 0. The molecule has 1 aromatic heterocycles. The molecule has 22 heavy (non-hydrogen) atoms. The van der Waals surface area contributed by atoms with Crippen molar-refractivity contribution in [2.24, 2.45) is 11.3 Å². The van der Waals surface area contributed by atoms with E-state index in [1.807, 2.05) is 17.3 Å². The maximum absolute atomic E-state index is 12.4. The molecule has 1 aromatic rings. The number of carbonyl (C=O) groups excluding carboxylic acids is 1. The summed E-state index contributed by atoms with van der Waals surface area (Å²) in [5.74, 6) is 0.907. The van der Waals surface area contributed by atoms with Crippen LogP contribution >= 0.6 is 0 Å². The number of hydrogen-bond acceptors (Lipinski definition) is 2. The summed E-state index contributed by atoms with van der Waals surface area (Å²) < 4.78 is 1.78. The molecule has 1 saturated heterocycles. The van der Waals surface area contributed by atoms with E-state index in [0.29, 0.717) is 17.9 Å². The van der Waals surface area contributed by atoms with Crippen molar-refractivity contribution < 1.29 is 4.79 Å². The number of carbonyl (C=O) groups is 1. The third-order valence-corrected chi connectivity index (χ3v) is 4.87. The zero-order valence-corrected chi connectivity index (χ0v) is 15.0. The van der Waals surface area contributed by atoms with Crippen molar-refractivity contribution in [2.75, 3.05) is 13.1 Å². The summed E-state index contributed by atoms with van der Waals surface area (Å²) >= 11 is 0. The Labute approximate surface area is 134 Å². The van der Waals surface area contributed by atoms with Gasteiger partial charge in [0.1, 0.15) is 6.54 Å². The SMILES string of the molecule is CC(C)(C)c1cnn(CC(=O)N2CCC(C(C)(C)C)CC2)c1. The van der Waals surface area contributed by atoms with Crippen LogP contribution in [0.15, 0.2) is 12.4 Å². The highest BCUT2D eigenvalue weighted by Gasteiger charge is 2.30. The zero-order chi connectivity index (χ0) is 16.5. The van der Waals surface area contributed by atoms with E-state index in [1.165, 1.54) is 5.56 Å². The molecule has 0 unspecified atom stereocenters. The van der Waals surface area contributed by atoms with Crippen LogP contribution in [-0.2, 0) is 16.8 Å². The first-order chi connectivity index (χ1) is 10.1. The quantitative estimate of drug-likeness (QED) is 0.839. The molecule has 124 valence electrons. The lowest BCUT2D eigenvalue weighted by molar-refractivity contribution is -0.134. The van der Waals surface area contributed by atoms with Crippen LogP contribution in [0.4, 0.5) is 0 Å². The van der Waals surface area contributed by atoms with Gasteiger partial charge in [0.2, 0.25) is 5.91 Å². The molecule has 4 nitrogen and oxygen atoms in total. The molecule has 2 rings (SSSR count). The third kappa shape index (κ3) is 4.11. The Morgan fingerprint density at radius 1 is 1.18 bits per heavy atom. The number of likely N-dealkylation sites (tertiary alicyclic amines) is 1. The molecule has 0 spiro atoms. The number of aromatic nitrogens is 2. The van der Waals surface area contributed by atoms with Crippen molar-refractivity contribution in [3.63, 3.8) is 0 Å². The molecule has 0 N–H and O–H groups in total. The third-order valence-electron chi connectivity index (χ3n) is 4.87. The van der Waals surface area contributed by atoms with Crippen LogP contribution in [-0.4, -0.2) is 33.7 Å². The van der Waals surface area contributed by atoms with Crippen LogP contribution in [0.1, 0.15) is 59.9 Å². The lowest BCUT2D eigenvalue weighted by atomic mass is 9.75. The van der Waals surface area contributed by atoms with E-state index in [2.05, 4.69) is 46.6 Å². The highest BCUT2D eigenvalue weighted by molar-refractivity contribution is 5.76. The Morgan fingerprint density at radius 3 is 2.23 bits per heavy atom. The molecule has 0 atom stereocenters. The van der Waals surface area contributed by atoms with E-state index in [9.17, 15) is 4.79 Å². The summed E-state index contributed by atoms with van der Waals surface area (Å²) in [5, 5.41) is 4.34. The number of amides is 1. The fraction of sp³-hybridized carbons (Fsp3) is 0.778. The fourth-order valence-electron chi connectivity index (χ4n) is 3.07. The molecule has 1 amide bonds. The van der Waals surface area contributed by atoms with E-state index in [1.54, 1.807) is 4.68 Å². The standard InChI is InChI=1S/C18H31N3O/c1-17(2,3)14-7-9-20(10-8-14)16(22)13-21-12-15(11-19-21)18(4,5)6/h11-12,14H,7-10,13H2,1-6H3. The van der Waals surface area contributed by atoms with E-state index in [0.717, 1.165) is 25.9 Å². The second-order valence-electron chi connectivity index (χ2n) is 8.70. The van der Waals surface area contributed by atoms with Crippen LogP contribution in [0.5, 0.6) is 0 Å². The largest absolute Gasteiger partial charge is 0.341 e. The second kappa shape index (κ2) is 6.05. The number of hydrogen-bond donors (Lipinski definition) is 0. The first kappa shape index (κ1) is 17.0. The molecule has 2 heterocycles. The van der Waals surface area contributed by atoms with Crippen LogP contribution in [0.2, 0.25) is 0 Å². The lowest BCUT2D eigenvalue weighted by Gasteiger charge is -2.38. The summed E-state index contributed by atoms with van der Waals surface area (Å²) in [6, 6.07) is 0. The topological polar surface area (TPSA) is 38.1 Å². The van der Waals surface area contributed by atoms with Crippen molar-refractivity contribution >= 4 is 5.91 Å². The van der Waals surface area contributed by atoms with Crippen molar-refractivity contribution in [3.05, 3.63) is 18.0 Å². The number of piperidine rings is 1.